The summed E-state index contributed by atoms with van der Waals surface area (Å²) in [7, 11) is -2.10. The maximum absolute atomic E-state index is 12.5. The van der Waals surface area contributed by atoms with Gasteiger partial charge in [0.2, 0.25) is 0 Å². The highest BCUT2D eigenvalue weighted by molar-refractivity contribution is 7.90. The summed E-state index contributed by atoms with van der Waals surface area (Å²) in [6, 6.07) is 0. The summed E-state index contributed by atoms with van der Waals surface area (Å²) in [5, 5.41) is 8.90. The van der Waals surface area contributed by atoms with E-state index < -0.39 is 27.8 Å². The highest BCUT2D eigenvalue weighted by Gasteiger charge is 2.31. The van der Waals surface area contributed by atoms with Crippen LogP contribution >= 0.6 is 0 Å². The Kier molecular flexibility index (Phi) is 4.36. The first-order valence-corrected chi connectivity index (χ1v) is 8.28. The van der Waals surface area contributed by atoms with Crippen molar-refractivity contribution in [2.24, 2.45) is 10.3 Å². The first kappa shape index (κ1) is 16.2. The molecule has 9 heteroatoms. The largest absolute Gasteiger partial charge is 0.481 e. The van der Waals surface area contributed by atoms with Crippen LogP contribution in [0.2, 0.25) is 0 Å². The Labute approximate surface area is 128 Å². The number of hydrogen-bond acceptors (Lipinski definition) is 5. The van der Waals surface area contributed by atoms with Gasteiger partial charge in [0, 0.05) is 26.3 Å². The molecule has 8 nitrogen and oxygen atoms in total. The van der Waals surface area contributed by atoms with Gasteiger partial charge < -0.3 is 14.9 Å². The van der Waals surface area contributed by atoms with Crippen molar-refractivity contribution in [1.29, 1.82) is 0 Å². The fraction of sp³-hybridized carbons (Fsp3) is 0.462. The quantitative estimate of drug-likeness (QED) is 0.757. The van der Waals surface area contributed by atoms with E-state index in [1.54, 1.807) is 17.2 Å². The van der Waals surface area contributed by atoms with Crippen molar-refractivity contribution >= 4 is 27.7 Å². The lowest BCUT2D eigenvalue weighted by molar-refractivity contribution is -0.142. The molecule has 0 spiro atoms. The molecule has 2 rings (SSSR count). The maximum atomic E-state index is 12.5. The second kappa shape index (κ2) is 5.91. The lowest BCUT2D eigenvalue weighted by atomic mass is 10.1. The molecule has 0 aromatic carbocycles. The smallest absolute Gasteiger partial charge is 0.308 e. The molecule has 0 aromatic heterocycles. The molecule has 1 N–H and O–H groups in total. The van der Waals surface area contributed by atoms with Crippen LogP contribution in [0.3, 0.4) is 0 Å². The van der Waals surface area contributed by atoms with Crippen molar-refractivity contribution in [1.82, 2.24) is 9.80 Å². The third-order valence-corrected chi connectivity index (χ3v) is 4.55. The van der Waals surface area contributed by atoms with Gasteiger partial charge in [0.15, 0.2) is 5.84 Å². The van der Waals surface area contributed by atoms with Crippen LogP contribution in [0.25, 0.3) is 0 Å². The minimum atomic E-state index is -3.58. The van der Waals surface area contributed by atoms with E-state index in [1.165, 1.54) is 24.9 Å². The number of amidine groups is 1. The number of likely N-dealkylation sites (N-methyl/N-ethyl adjacent to an activating group) is 1. The van der Waals surface area contributed by atoms with Crippen LogP contribution < -0.4 is 0 Å². The summed E-state index contributed by atoms with van der Waals surface area (Å²) >= 11 is 0. The number of fused-ring (bicyclic) bond motifs is 1. The van der Waals surface area contributed by atoms with Crippen LogP contribution in [-0.4, -0.2) is 66.9 Å². The highest BCUT2D eigenvalue weighted by atomic mass is 32.2. The van der Waals surface area contributed by atoms with Crippen LogP contribution in [0.5, 0.6) is 0 Å². The summed E-state index contributed by atoms with van der Waals surface area (Å²) in [4.78, 5) is 26.2. The van der Waals surface area contributed by atoms with E-state index in [0.29, 0.717) is 0 Å². The van der Waals surface area contributed by atoms with E-state index in [2.05, 4.69) is 4.40 Å². The summed E-state index contributed by atoms with van der Waals surface area (Å²) in [6.45, 7) is 1.75. The molecular formula is C13H17N3O5S. The van der Waals surface area contributed by atoms with Gasteiger partial charge in [-0.2, -0.15) is 0 Å². The fourth-order valence-electron chi connectivity index (χ4n) is 2.16. The molecule has 120 valence electrons. The lowest BCUT2D eigenvalue weighted by Gasteiger charge is -2.30. The lowest BCUT2D eigenvalue weighted by Crippen LogP contribution is -2.43. The standard InChI is InChI=1S/C13H17N3O5S/c1-9(13(18)19)8-15(2)12(17)10-4-3-5-16-6-7-22(20,21)14-11(10)16/h3-5,9H,6-8H2,1-2H3,(H,18,19). The van der Waals surface area contributed by atoms with E-state index in [1.807, 2.05) is 0 Å². The van der Waals surface area contributed by atoms with Gasteiger partial charge in [-0.25, -0.2) is 8.42 Å². The number of sulfonamides is 1. The van der Waals surface area contributed by atoms with Crippen LogP contribution in [0.4, 0.5) is 0 Å². The third-order valence-electron chi connectivity index (χ3n) is 3.40. The Balaban J connectivity index is 2.25. The summed E-state index contributed by atoms with van der Waals surface area (Å²) in [6.07, 6.45) is 4.78. The Hall–Kier alpha value is -2.16. The van der Waals surface area contributed by atoms with Gasteiger partial charge >= 0.3 is 5.97 Å². The number of allylic oxidation sites excluding steroid dienone is 2. The maximum Gasteiger partial charge on any atom is 0.308 e. The average Bonchev–Trinajstić information content (AvgIpc) is 2.44. The number of carboxylic acids is 1. The van der Waals surface area contributed by atoms with Gasteiger partial charge in [0.05, 0.1) is 17.2 Å². The normalized spacial score (nSPS) is 20.5. The zero-order chi connectivity index (χ0) is 16.5. The zero-order valence-electron chi connectivity index (χ0n) is 12.3. The van der Waals surface area contributed by atoms with E-state index in [-0.39, 0.29) is 30.3 Å². The van der Waals surface area contributed by atoms with Crippen molar-refractivity contribution in [3.8, 4) is 0 Å². The number of aliphatic carboxylic acids is 1. The Bertz CT molecular complexity index is 692. The van der Waals surface area contributed by atoms with Crippen molar-refractivity contribution in [3.05, 3.63) is 23.9 Å². The molecule has 1 unspecified atom stereocenters. The van der Waals surface area contributed by atoms with Crippen molar-refractivity contribution in [3.63, 3.8) is 0 Å². The molecule has 0 aliphatic carbocycles. The van der Waals surface area contributed by atoms with Crippen LogP contribution in [0, 0.1) is 5.92 Å². The molecular weight excluding hydrogens is 310 g/mol. The van der Waals surface area contributed by atoms with Gasteiger partial charge in [-0.3, -0.25) is 9.59 Å². The monoisotopic (exact) mass is 327 g/mol. The van der Waals surface area contributed by atoms with Crippen molar-refractivity contribution in [2.75, 3.05) is 25.9 Å². The second-order valence-corrected chi connectivity index (χ2v) is 7.00. The Morgan fingerprint density at radius 1 is 1.50 bits per heavy atom. The topological polar surface area (TPSA) is 107 Å². The van der Waals surface area contributed by atoms with E-state index in [0.717, 1.165) is 0 Å². The molecule has 0 fully saturated rings. The number of rotatable bonds is 4. The molecule has 2 heterocycles. The molecule has 0 bridgehead atoms. The molecule has 2 aliphatic rings. The number of carbonyl (C=O) groups is 2. The fourth-order valence-corrected chi connectivity index (χ4v) is 3.15. The van der Waals surface area contributed by atoms with Crippen LogP contribution in [-0.2, 0) is 19.6 Å². The molecule has 1 amide bonds. The molecule has 0 saturated heterocycles. The van der Waals surface area contributed by atoms with E-state index in [4.69, 9.17) is 5.11 Å². The molecule has 1 atom stereocenters. The molecule has 0 aromatic rings. The molecule has 2 aliphatic heterocycles. The third kappa shape index (κ3) is 3.35. The number of amides is 1. The number of carboxylic acid groups (broad SMARTS) is 1. The SMILES string of the molecule is CC(CN(C)C(=O)C1=CC=CN2CCS(=O)(=O)N=C12)C(=O)O. The number of nitrogens with zero attached hydrogens (tertiary/aromatic N) is 3. The minimum Gasteiger partial charge on any atom is -0.481 e. The number of hydrogen-bond donors (Lipinski definition) is 1. The van der Waals surface area contributed by atoms with Crippen molar-refractivity contribution in [2.45, 2.75) is 6.92 Å². The summed E-state index contributed by atoms with van der Waals surface area (Å²) in [5.74, 6) is -2.20. The predicted molar refractivity (Wildman–Crippen MR) is 79.6 cm³/mol. The van der Waals surface area contributed by atoms with Gasteiger partial charge in [0.25, 0.3) is 15.9 Å². The van der Waals surface area contributed by atoms with E-state index >= 15 is 0 Å². The Morgan fingerprint density at radius 3 is 2.82 bits per heavy atom. The first-order chi connectivity index (χ1) is 10.2. The molecule has 0 radical (unpaired) electrons. The summed E-state index contributed by atoms with van der Waals surface area (Å²) in [5.41, 5.74) is 0.144. The van der Waals surface area contributed by atoms with Crippen LogP contribution in [0.15, 0.2) is 28.3 Å². The predicted octanol–water partition coefficient (Wildman–Crippen LogP) is -0.337. The first-order valence-electron chi connectivity index (χ1n) is 6.67. The van der Waals surface area contributed by atoms with Gasteiger partial charge in [-0.05, 0) is 12.2 Å². The Morgan fingerprint density at radius 2 is 2.18 bits per heavy atom. The van der Waals surface area contributed by atoms with Crippen LogP contribution in [0.1, 0.15) is 6.92 Å². The van der Waals surface area contributed by atoms with Crippen molar-refractivity contribution < 1.29 is 23.1 Å². The zero-order valence-corrected chi connectivity index (χ0v) is 13.1. The molecule has 22 heavy (non-hydrogen) atoms. The second-order valence-electron chi connectivity index (χ2n) is 5.24. The molecule has 0 saturated carbocycles. The highest BCUT2D eigenvalue weighted by Crippen LogP contribution is 2.19. The van der Waals surface area contributed by atoms with Gasteiger partial charge in [-0.1, -0.05) is 6.92 Å². The average molecular weight is 327 g/mol. The van der Waals surface area contributed by atoms with E-state index in [9.17, 15) is 18.0 Å². The number of carbonyl (C=O) groups excluding carboxylic acids is 1. The van der Waals surface area contributed by atoms with Gasteiger partial charge in [-0.15, -0.1) is 4.40 Å². The van der Waals surface area contributed by atoms with Gasteiger partial charge in [0.1, 0.15) is 0 Å². The minimum absolute atomic E-state index is 0.0231. The summed E-state index contributed by atoms with van der Waals surface area (Å²) < 4.78 is 27.0.